The normalized spacial score (nSPS) is 17.1. The zero-order valence-electron chi connectivity index (χ0n) is 13.9. The van der Waals surface area contributed by atoms with Crippen molar-refractivity contribution in [3.05, 3.63) is 23.8 Å². The number of carboxylic acids is 1. The van der Waals surface area contributed by atoms with Crippen LogP contribution in [-0.2, 0) is 9.59 Å². The van der Waals surface area contributed by atoms with E-state index in [0.29, 0.717) is 42.2 Å². The lowest BCUT2D eigenvalue weighted by atomic mass is 10.1. The van der Waals surface area contributed by atoms with Gasteiger partial charge in [-0.25, -0.2) is 4.79 Å². The van der Waals surface area contributed by atoms with Crippen molar-refractivity contribution in [2.75, 3.05) is 27.9 Å². The summed E-state index contributed by atoms with van der Waals surface area (Å²) in [5, 5.41) is 9.15. The van der Waals surface area contributed by atoms with Crippen molar-refractivity contribution >= 4 is 18.0 Å². The number of aliphatic carboxylic acids is 1. The standard InChI is InChI=1S/C17H21NO6/c1-22-13-9-11(10-14(23-2)16(13)24-3)6-7-15(19)18-8-4-5-12(18)17(20)21/h6-7,9-10,12H,4-5,8H2,1-3H3,(H,20,21)/b7-6+/t12-/m0/s1. The lowest BCUT2D eigenvalue weighted by molar-refractivity contribution is -0.146. The number of amides is 1. The smallest absolute Gasteiger partial charge is 0.326 e. The fraction of sp³-hybridized carbons (Fsp3) is 0.412. The van der Waals surface area contributed by atoms with Gasteiger partial charge in [-0.2, -0.15) is 0 Å². The van der Waals surface area contributed by atoms with Crippen LogP contribution in [0, 0.1) is 0 Å². The summed E-state index contributed by atoms with van der Waals surface area (Å²) >= 11 is 0. The third-order valence-corrected chi connectivity index (χ3v) is 3.93. The summed E-state index contributed by atoms with van der Waals surface area (Å²) in [7, 11) is 4.54. The molecule has 1 atom stereocenters. The maximum atomic E-state index is 12.3. The predicted octanol–water partition coefficient (Wildman–Crippen LogP) is 1.80. The molecule has 1 amide bonds. The second kappa shape index (κ2) is 7.72. The summed E-state index contributed by atoms with van der Waals surface area (Å²) in [6, 6.07) is 2.68. The molecule has 0 aromatic heterocycles. The number of nitrogens with zero attached hydrogens (tertiary/aromatic N) is 1. The molecule has 7 nitrogen and oxygen atoms in total. The molecule has 0 radical (unpaired) electrons. The van der Waals surface area contributed by atoms with Crippen molar-refractivity contribution in [1.82, 2.24) is 4.90 Å². The minimum absolute atomic E-state index is 0.325. The molecular formula is C17H21NO6. The molecule has 0 saturated carbocycles. The van der Waals surface area contributed by atoms with Crippen molar-refractivity contribution in [2.45, 2.75) is 18.9 Å². The van der Waals surface area contributed by atoms with Crippen molar-refractivity contribution in [2.24, 2.45) is 0 Å². The first-order chi connectivity index (χ1) is 11.5. The Morgan fingerprint density at radius 1 is 1.17 bits per heavy atom. The highest BCUT2D eigenvalue weighted by atomic mass is 16.5. The van der Waals surface area contributed by atoms with Gasteiger partial charge in [-0.05, 0) is 36.6 Å². The lowest BCUT2D eigenvalue weighted by Crippen LogP contribution is -2.39. The summed E-state index contributed by atoms with van der Waals surface area (Å²) in [4.78, 5) is 24.8. The van der Waals surface area contributed by atoms with Gasteiger partial charge in [0.25, 0.3) is 0 Å². The van der Waals surface area contributed by atoms with E-state index in [1.54, 1.807) is 18.2 Å². The predicted molar refractivity (Wildman–Crippen MR) is 87.5 cm³/mol. The van der Waals surface area contributed by atoms with Gasteiger partial charge in [-0.3, -0.25) is 4.79 Å². The molecule has 1 heterocycles. The van der Waals surface area contributed by atoms with Crippen molar-refractivity contribution < 1.29 is 28.9 Å². The Labute approximate surface area is 140 Å². The van der Waals surface area contributed by atoms with E-state index in [9.17, 15) is 9.59 Å². The Balaban J connectivity index is 2.22. The Bertz CT molecular complexity index is 629. The van der Waals surface area contributed by atoms with Crippen molar-refractivity contribution in [3.8, 4) is 17.2 Å². The zero-order valence-corrected chi connectivity index (χ0v) is 13.9. The first kappa shape index (κ1) is 17.7. The first-order valence-corrected chi connectivity index (χ1v) is 7.53. The SMILES string of the molecule is COc1cc(/C=C/C(=O)N2CCC[C@H]2C(=O)O)cc(OC)c1OC. The number of benzene rings is 1. The van der Waals surface area contributed by atoms with Crippen LogP contribution in [0.5, 0.6) is 17.2 Å². The molecule has 0 spiro atoms. The van der Waals surface area contributed by atoms with Crippen LogP contribution in [0.3, 0.4) is 0 Å². The van der Waals surface area contributed by atoms with E-state index in [2.05, 4.69) is 0 Å². The largest absolute Gasteiger partial charge is 0.493 e. The highest BCUT2D eigenvalue weighted by molar-refractivity contribution is 5.95. The van der Waals surface area contributed by atoms with Crippen LogP contribution in [0.4, 0.5) is 0 Å². The van der Waals surface area contributed by atoms with Crippen molar-refractivity contribution in [1.29, 1.82) is 0 Å². The fourth-order valence-electron chi connectivity index (χ4n) is 2.75. The fourth-order valence-corrected chi connectivity index (χ4v) is 2.75. The van der Waals surface area contributed by atoms with Crippen LogP contribution in [0.15, 0.2) is 18.2 Å². The zero-order chi connectivity index (χ0) is 17.7. The molecule has 0 unspecified atom stereocenters. The molecule has 1 aliphatic rings. The van der Waals surface area contributed by atoms with E-state index in [-0.39, 0.29) is 5.91 Å². The Kier molecular flexibility index (Phi) is 5.68. The van der Waals surface area contributed by atoms with Crippen molar-refractivity contribution in [3.63, 3.8) is 0 Å². The van der Waals surface area contributed by atoms with E-state index in [4.69, 9.17) is 19.3 Å². The molecule has 1 N–H and O–H groups in total. The summed E-state index contributed by atoms with van der Waals surface area (Å²) in [5.41, 5.74) is 0.684. The number of ether oxygens (including phenoxy) is 3. The van der Waals surface area contributed by atoms with Gasteiger partial charge in [0.1, 0.15) is 6.04 Å². The molecule has 2 rings (SSSR count). The van der Waals surface area contributed by atoms with Crippen LogP contribution in [-0.4, -0.2) is 55.8 Å². The van der Waals surface area contributed by atoms with Crippen LogP contribution in [0.25, 0.3) is 6.08 Å². The number of likely N-dealkylation sites (tertiary alicyclic amines) is 1. The van der Waals surface area contributed by atoms with Gasteiger partial charge in [-0.15, -0.1) is 0 Å². The van der Waals surface area contributed by atoms with Crippen LogP contribution >= 0.6 is 0 Å². The summed E-state index contributed by atoms with van der Waals surface area (Å²) in [6.45, 7) is 0.454. The number of rotatable bonds is 6. The molecular weight excluding hydrogens is 314 g/mol. The number of hydrogen-bond acceptors (Lipinski definition) is 5. The molecule has 130 valence electrons. The van der Waals surface area contributed by atoms with E-state index >= 15 is 0 Å². The number of carboxylic acid groups (broad SMARTS) is 1. The molecule has 1 fully saturated rings. The van der Waals surface area contributed by atoms with Gasteiger partial charge in [0, 0.05) is 12.6 Å². The molecule has 1 aliphatic heterocycles. The van der Waals surface area contributed by atoms with Gasteiger partial charge in [0.2, 0.25) is 11.7 Å². The average molecular weight is 335 g/mol. The summed E-state index contributed by atoms with van der Waals surface area (Å²) < 4.78 is 15.8. The molecule has 0 bridgehead atoms. The molecule has 7 heteroatoms. The van der Waals surface area contributed by atoms with E-state index in [1.807, 2.05) is 0 Å². The quantitative estimate of drug-likeness (QED) is 0.798. The molecule has 1 saturated heterocycles. The summed E-state index contributed by atoms with van der Waals surface area (Å²) in [5.74, 6) is 0.131. The third kappa shape index (κ3) is 3.61. The second-order valence-electron chi connectivity index (χ2n) is 5.32. The number of carbonyl (C=O) groups is 2. The van der Waals surface area contributed by atoms with Crippen LogP contribution in [0.2, 0.25) is 0 Å². The molecule has 24 heavy (non-hydrogen) atoms. The highest BCUT2D eigenvalue weighted by Crippen LogP contribution is 2.38. The maximum Gasteiger partial charge on any atom is 0.326 e. The van der Waals surface area contributed by atoms with Gasteiger partial charge < -0.3 is 24.2 Å². The maximum absolute atomic E-state index is 12.3. The lowest BCUT2D eigenvalue weighted by Gasteiger charge is -2.19. The van der Waals surface area contributed by atoms with E-state index in [0.717, 1.165) is 0 Å². The minimum atomic E-state index is -0.970. The highest BCUT2D eigenvalue weighted by Gasteiger charge is 2.32. The van der Waals surface area contributed by atoms with Gasteiger partial charge in [0.15, 0.2) is 11.5 Å². The van der Waals surface area contributed by atoms with Gasteiger partial charge in [-0.1, -0.05) is 0 Å². The Morgan fingerprint density at radius 3 is 2.29 bits per heavy atom. The van der Waals surface area contributed by atoms with Gasteiger partial charge >= 0.3 is 5.97 Å². The minimum Gasteiger partial charge on any atom is -0.493 e. The topological polar surface area (TPSA) is 85.3 Å². The average Bonchev–Trinajstić information content (AvgIpc) is 3.08. The monoisotopic (exact) mass is 335 g/mol. The summed E-state index contributed by atoms with van der Waals surface area (Å²) in [6.07, 6.45) is 4.14. The van der Waals surface area contributed by atoms with E-state index in [1.165, 1.54) is 32.3 Å². The van der Waals surface area contributed by atoms with E-state index < -0.39 is 12.0 Å². The molecule has 1 aromatic carbocycles. The molecule has 0 aliphatic carbocycles. The van der Waals surface area contributed by atoms with Crippen LogP contribution < -0.4 is 14.2 Å². The Morgan fingerprint density at radius 2 is 1.79 bits per heavy atom. The Hall–Kier alpha value is -2.70. The third-order valence-electron chi connectivity index (χ3n) is 3.93. The first-order valence-electron chi connectivity index (χ1n) is 7.53. The number of methoxy groups -OCH3 is 3. The number of carbonyl (C=O) groups excluding carboxylic acids is 1. The van der Waals surface area contributed by atoms with Gasteiger partial charge in [0.05, 0.1) is 21.3 Å². The second-order valence-corrected chi connectivity index (χ2v) is 5.32. The number of hydrogen-bond donors (Lipinski definition) is 1. The van der Waals surface area contributed by atoms with Crippen LogP contribution in [0.1, 0.15) is 18.4 Å². The molecule has 1 aromatic rings.